The summed E-state index contributed by atoms with van der Waals surface area (Å²) in [5, 5.41) is 2.87. The number of aromatic nitrogens is 1. The molecule has 0 aliphatic rings. The highest BCUT2D eigenvalue weighted by Crippen LogP contribution is 2.12. The van der Waals surface area contributed by atoms with Crippen LogP contribution in [-0.4, -0.2) is 17.1 Å². The monoisotopic (exact) mass is 320 g/mol. The average Bonchev–Trinajstić information content (AvgIpc) is 3.13. The van der Waals surface area contributed by atoms with Crippen LogP contribution < -0.4 is 10.1 Å². The Hall–Kier alpha value is -3.01. The summed E-state index contributed by atoms with van der Waals surface area (Å²) in [6, 6.07) is 19.7. The van der Waals surface area contributed by atoms with E-state index in [2.05, 4.69) is 5.32 Å². The fourth-order valence-electron chi connectivity index (χ4n) is 2.40. The van der Waals surface area contributed by atoms with Crippen molar-refractivity contribution in [2.45, 2.75) is 13.5 Å². The molecule has 0 radical (unpaired) electrons. The zero-order valence-corrected chi connectivity index (χ0v) is 13.6. The number of hydrogen-bond acceptors (Lipinski definition) is 2. The molecule has 0 saturated heterocycles. The molecule has 1 amide bonds. The summed E-state index contributed by atoms with van der Waals surface area (Å²) in [5.74, 6) is 0.576. The fraction of sp³-hybridized carbons (Fsp3) is 0.150. The highest BCUT2D eigenvalue weighted by molar-refractivity contribution is 5.77. The number of benzene rings is 2. The van der Waals surface area contributed by atoms with Crippen LogP contribution in [0.15, 0.2) is 73.1 Å². The Morgan fingerprint density at radius 1 is 1.04 bits per heavy atom. The van der Waals surface area contributed by atoms with Gasteiger partial charge in [-0.25, -0.2) is 0 Å². The molecule has 122 valence electrons. The first-order valence-corrected chi connectivity index (χ1v) is 7.89. The number of nitrogens with one attached hydrogen (secondary N) is 1. The van der Waals surface area contributed by atoms with Gasteiger partial charge in [-0.1, -0.05) is 24.3 Å². The summed E-state index contributed by atoms with van der Waals surface area (Å²) in [4.78, 5) is 11.9. The van der Waals surface area contributed by atoms with E-state index in [1.165, 1.54) is 0 Å². The van der Waals surface area contributed by atoms with E-state index in [4.69, 9.17) is 4.74 Å². The lowest BCUT2D eigenvalue weighted by atomic mass is 10.2. The van der Waals surface area contributed by atoms with Gasteiger partial charge in [0.05, 0.1) is 0 Å². The first-order valence-electron chi connectivity index (χ1n) is 7.89. The smallest absolute Gasteiger partial charge is 0.258 e. The number of rotatable bonds is 6. The summed E-state index contributed by atoms with van der Waals surface area (Å²) in [5.41, 5.74) is 3.25. The van der Waals surface area contributed by atoms with Crippen molar-refractivity contribution in [1.29, 1.82) is 0 Å². The van der Waals surface area contributed by atoms with Crippen LogP contribution in [0.3, 0.4) is 0 Å². The SMILES string of the molecule is Cc1cccc(OCC(=O)NCc2ccc(-n3cccc3)cc2)c1. The van der Waals surface area contributed by atoms with E-state index in [1.54, 1.807) is 0 Å². The summed E-state index contributed by atoms with van der Waals surface area (Å²) >= 11 is 0. The number of carbonyl (C=O) groups excluding carboxylic acids is 1. The molecule has 0 bridgehead atoms. The minimum atomic E-state index is -0.133. The number of nitrogens with zero attached hydrogens (tertiary/aromatic N) is 1. The Kier molecular flexibility index (Phi) is 4.96. The number of aryl methyl sites for hydroxylation is 1. The predicted octanol–water partition coefficient (Wildman–Crippen LogP) is 3.48. The Morgan fingerprint density at radius 2 is 1.79 bits per heavy atom. The van der Waals surface area contributed by atoms with Crippen LogP contribution in [0, 0.1) is 6.92 Å². The molecule has 1 aromatic heterocycles. The van der Waals surface area contributed by atoms with Crippen LogP contribution in [0.5, 0.6) is 5.75 Å². The fourth-order valence-corrected chi connectivity index (χ4v) is 2.40. The number of carbonyl (C=O) groups is 1. The Labute approximate surface area is 141 Å². The second kappa shape index (κ2) is 7.51. The predicted molar refractivity (Wildman–Crippen MR) is 94.3 cm³/mol. The summed E-state index contributed by atoms with van der Waals surface area (Å²) in [6.07, 6.45) is 4.00. The summed E-state index contributed by atoms with van der Waals surface area (Å²) in [7, 11) is 0. The maximum absolute atomic E-state index is 11.9. The molecule has 1 heterocycles. The molecule has 3 rings (SSSR count). The molecular formula is C20H20N2O2. The van der Waals surface area contributed by atoms with Gasteiger partial charge in [-0.05, 0) is 54.4 Å². The summed E-state index contributed by atoms with van der Waals surface area (Å²) < 4.78 is 7.53. The zero-order valence-electron chi connectivity index (χ0n) is 13.6. The molecular weight excluding hydrogens is 300 g/mol. The van der Waals surface area contributed by atoms with Gasteiger partial charge >= 0.3 is 0 Å². The van der Waals surface area contributed by atoms with Gasteiger partial charge in [-0.15, -0.1) is 0 Å². The van der Waals surface area contributed by atoms with Crippen LogP contribution in [0.1, 0.15) is 11.1 Å². The summed E-state index contributed by atoms with van der Waals surface area (Å²) in [6.45, 7) is 2.50. The van der Waals surface area contributed by atoms with E-state index in [1.807, 2.05) is 84.5 Å². The molecule has 0 spiro atoms. The molecule has 0 aliphatic heterocycles. The molecule has 0 saturated carbocycles. The van der Waals surface area contributed by atoms with Crippen molar-refractivity contribution >= 4 is 5.91 Å². The highest BCUT2D eigenvalue weighted by atomic mass is 16.5. The van der Waals surface area contributed by atoms with Crippen molar-refractivity contribution in [2.24, 2.45) is 0 Å². The minimum Gasteiger partial charge on any atom is -0.484 e. The molecule has 0 aliphatic carbocycles. The maximum atomic E-state index is 11.9. The van der Waals surface area contributed by atoms with Crippen LogP contribution in [0.2, 0.25) is 0 Å². The normalized spacial score (nSPS) is 10.4. The quantitative estimate of drug-likeness (QED) is 0.755. The lowest BCUT2D eigenvalue weighted by molar-refractivity contribution is -0.123. The van der Waals surface area contributed by atoms with E-state index < -0.39 is 0 Å². The van der Waals surface area contributed by atoms with Gasteiger partial charge in [0.15, 0.2) is 6.61 Å². The van der Waals surface area contributed by atoms with E-state index >= 15 is 0 Å². The molecule has 3 aromatic rings. The van der Waals surface area contributed by atoms with Gasteiger partial charge in [-0.2, -0.15) is 0 Å². The molecule has 0 fully saturated rings. The molecule has 0 atom stereocenters. The van der Waals surface area contributed by atoms with E-state index in [0.717, 1.165) is 16.8 Å². The Balaban J connectivity index is 1.47. The Bertz CT molecular complexity index is 793. The molecule has 4 heteroatoms. The highest BCUT2D eigenvalue weighted by Gasteiger charge is 2.03. The third-order valence-electron chi connectivity index (χ3n) is 3.69. The number of hydrogen-bond donors (Lipinski definition) is 1. The molecule has 2 aromatic carbocycles. The van der Waals surface area contributed by atoms with Gasteiger partial charge in [0.25, 0.3) is 5.91 Å². The number of ether oxygens (including phenoxy) is 1. The van der Waals surface area contributed by atoms with Gasteiger partial charge in [0.1, 0.15) is 5.75 Å². The second-order valence-electron chi connectivity index (χ2n) is 5.64. The van der Waals surface area contributed by atoms with Crippen LogP contribution >= 0.6 is 0 Å². The van der Waals surface area contributed by atoms with E-state index in [0.29, 0.717) is 12.3 Å². The average molecular weight is 320 g/mol. The van der Waals surface area contributed by atoms with Gasteiger partial charge in [0.2, 0.25) is 0 Å². The zero-order chi connectivity index (χ0) is 16.8. The first kappa shape index (κ1) is 15.9. The number of amides is 1. The van der Waals surface area contributed by atoms with Crippen molar-refractivity contribution in [3.63, 3.8) is 0 Å². The van der Waals surface area contributed by atoms with E-state index in [-0.39, 0.29) is 12.5 Å². The van der Waals surface area contributed by atoms with Crippen LogP contribution in [0.25, 0.3) is 5.69 Å². The Morgan fingerprint density at radius 3 is 2.50 bits per heavy atom. The second-order valence-corrected chi connectivity index (χ2v) is 5.64. The van der Waals surface area contributed by atoms with Gasteiger partial charge < -0.3 is 14.6 Å². The standard InChI is InChI=1S/C20H20N2O2/c1-16-5-4-6-19(13-16)24-15-20(23)21-14-17-7-9-18(10-8-17)22-11-2-3-12-22/h2-13H,14-15H2,1H3,(H,21,23). The van der Waals surface area contributed by atoms with Crippen molar-refractivity contribution in [3.05, 3.63) is 84.2 Å². The molecule has 24 heavy (non-hydrogen) atoms. The van der Waals surface area contributed by atoms with Crippen molar-refractivity contribution in [3.8, 4) is 11.4 Å². The van der Waals surface area contributed by atoms with Crippen molar-refractivity contribution in [1.82, 2.24) is 9.88 Å². The lowest BCUT2D eigenvalue weighted by Gasteiger charge is -2.09. The van der Waals surface area contributed by atoms with Crippen molar-refractivity contribution < 1.29 is 9.53 Å². The third-order valence-corrected chi connectivity index (χ3v) is 3.69. The maximum Gasteiger partial charge on any atom is 0.258 e. The minimum absolute atomic E-state index is 0.0188. The van der Waals surface area contributed by atoms with Crippen LogP contribution in [0.4, 0.5) is 0 Å². The first-order chi connectivity index (χ1) is 11.7. The lowest BCUT2D eigenvalue weighted by Crippen LogP contribution is -2.28. The van der Waals surface area contributed by atoms with Crippen LogP contribution in [-0.2, 0) is 11.3 Å². The van der Waals surface area contributed by atoms with Gasteiger partial charge in [-0.3, -0.25) is 4.79 Å². The largest absolute Gasteiger partial charge is 0.484 e. The molecule has 1 N–H and O–H groups in total. The third kappa shape index (κ3) is 4.26. The van der Waals surface area contributed by atoms with Gasteiger partial charge in [0, 0.05) is 24.6 Å². The van der Waals surface area contributed by atoms with Crippen molar-refractivity contribution in [2.75, 3.05) is 6.61 Å². The van der Waals surface area contributed by atoms with E-state index in [9.17, 15) is 4.79 Å². The molecule has 4 nitrogen and oxygen atoms in total. The topological polar surface area (TPSA) is 43.3 Å². The molecule has 0 unspecified atom stereocenters.